The van der Waals surface area contributed by atoms with E-state index in [1.165, 1.54) is 16.8 Å². The summed E-state index contributed by atoms with van der Waals surface area (Å²) in [5.41, 5.74) is 0.117. The van der Waals surface area contributed by atoms with Gasteiger partial charge >= 0.3 is 0 Å². The van der Waals surface area contributed by atoms with Crippen LogP contribution in [-0.2, 0) is 7.05 Å². The second-order valence-corrected chi connectivity index (χ2v) is 4.49. The van der Waals surface area contributed by atoms with E-state index in [4.69, 9.17) is 11.6 Å². The molecular weight excluding hydrogens is 312 g/mol. The highest BCUT2D eigenvalue weighted by Crippen LogP contribution is 2.20. The largest absolute Gasteiger partial charge is 0.287 e. The molecule has 0 saturated carbocycles. The molecular formula is C10H6BrClFN3O. The number of carbonyl (C=O) groups is 1. The number of ketones is 1. The Balaban J connectivity index is 2.51. The Kier molecular flexibility index (Phi) is 3.26. The zero-order valence-electron chi connectivity index (χ0n) is 8.62. The SMILES string of the molecule is Cn1nnc(Br)c1C(=O)c1ccc(Cl)cc1F. The zero-order valence-corrected chi connectivity index (χ0v) is 11.0. The lowest BCUT2D eigenvalue weighted by Crippen LogP contribution is -2.10. The van der Waals surface area contributed by atoms with Gasteiger partial charge in [0.2, 0.25) is 5.78 Å². The lowest BCUT2D eigenvalue weighted by molar-refractivity contribution is 0.102. The molecule has 0 atom stereocenters. The van der Waals surface area contributed by atoms with Crippen LogP contribution in [0.5, 0.6) is 0 Å². The van der Waals surface area contributed by atoms with E-state index in [1.54, 1.807) is 7.05 Å². The highest BCUT2D eigenvalue weighted by molar-refractivity contribution is 9.10. The van der Waals surface area contributed by atoms with E-state index in [9.17, 15) is 9.18 Å². The van der Waals surface area contributed by atoms with Crippen LogP contribution in [-0.4, -0.2) is 20.8 Å². The van der Waals surface area contributed by atoms with Crippen LogP contribution >= 0.6 is 27.5 Å². The molecule has 7 heteroatoms. The molecule has 2 aromatic rings. The van der Waals surface area contributed by atoms with E-state index in [-0.39, 0.29) is 20.9 Å². The van der Waals surface area contributed by atoms with Crippen molar-refractivity contribution < 1.29 is 9.18 Å². The minimum absolute atomic E-state index is 0.0690. The topological polar surface area (TPSA) is 47.8 Å². The molecule has 0 aliphatic rings. The van der Waals surface area contributed by atoms with E-state index in [0.29, 0.717) is 0 Å². The summed E-state index contributed by atoms with van der Waals surface area (Å²) in [6, 6.07) is 3.88. The van der Waals surface area contributed by atoms with Crippen molar-refractivity contribution in [2.75, 3.05) is 0 Å². The number of nitrogens with zero attached hydrogens (tertiary/aromatic N) is 3. The molecule has 17 heavy (non-hydrogen) atoms. The molecule has 0 radical (unpaired) electrons. The van der Waals surface area contributed by atoms with E-state index in [0.717, 1.165) is 6.07 Å². The summed E-state index contributed by atoms with van der Waals surface area (Å²) < 4.78 is 15.1. The quantitative estimate of drug-likeness (QED) is 0.800. The van der Waals surface area contributed by atoms with Gasteiger partial charge in [0.05, 0.1) is 5.56 Å². The van der Waals surface area contributed by atoms with Crippen LogP contribution < -0.4 is 0 Å². The van der Waals surface area contributed by atoms with Crippen LogP contribution in [0.2, 0.25) is 5.02 Å². The van der Waals surface area contributed by atoms with E-state index in [1.807, 2.05) is 0 Å². The second-order valence-electron chi connectivity index (χ2n) is 3.31. The first-order valence-electron chi connectivity index (χ1n) is 4.55. The molecule has 0 saturated heterocycles. The molecule has 1 aromatic heterocycles. The Morgan fingerprint density at radius 3 is 2.76 bits per heavy atom. The number of aryl methyl sites for hydroxylation is 1. The van der Waals surface area contributed by atoms with Crippen molar-refractivity contribution in [3.63, 3.8) is 0 Å². The molecule has 0 aliphatic carbocycles. The van der Waals surface area contributed by atoms with Crippen molar-refractivity contribution >= 4 is 33.3 Å². The van der Waals surface area contributed by atoms with Gasteiger partial charge in [-0.05, 0) is 34.1 Å². The number of hydrogen-bond acceptors (Lipinski definition) is 3. The zero-order chi connectivity index (χ0) is 12.6. The third kappa shape index (κ3) is 2.23. The average molecular weight is 319 g/mol. The molecule has 88 valence electrons. The molecule has 0 amide bonds. The van der Waals surface area contributed by atoms with Crippen LogP contribution in [0.4, 0.5) is 4.39 Å². The fraction of sp³-hybridized carbons (Fsp3) is 0.100. The first kappa shape index (κ1) is 12.2. The third-order valence-corrected chi connectivity index (χ3v) is 2.95. The van der Waals surface area contributed by atoms with Gasteiger partial charge in [0.1, 0.15) is 11.5 Å². The van der Waals surface area contributed by atoms with Gasteiger partial charge in [-0.2, -0.15) is 0 Å². The molecule has 1 heterocycles. The van der Waals surface area contributed by atoms with Crippen LogP contribution in [0.15, 0.2) is 22.8 Å². The molecule has 4 nitrogen and oxygen atoms in total. The van der Waals surface area contributed by atoms with Crippen molar-refractivity contribution in [3.8, 4) is 0 Å². The van der Waals surface area contributed by atoms with E-state index < -0.39 is 11.6 Å². The summed E-state index contributed by atoms with van der Waals surface area (Å²) in [4.78, 5) is 12.1. The van der Waals surface area contributed by atoms with Crippen molar-refractivity contribution in [1.29, 1.82) is 0 Å². The van der Waals surface area contributed by atoms with Crippen LogP contribution in [0.1, 0.15) is 16.1 Å². The minimum atomic E-state index is -0.671. The van der Waals surface area contributed by atoms with Gasteiger partial charge in [-0.3, -0.25) is 4.79 Å². The summed E-state index contributed by atoms with van der Waals surface area (Å²) in [5.74, 6) is -1.17. The summed E-state index contributed by atoms with van der Waals surface area (Å²) in [7, 11) is 1.55. The molecule has 0 bridgehead atoms. The predicted octanol–water partition coefficient (Wildman–Crippen LogP) is 2.60. The Morgan fingerprint density at radius 1 is 1.53 bits per heavy atom. The van der Waals surface area contributed by atoms with Gasteiger partial charge in [-0.15, -0.1) is 5.10 Å². The fourth-order valence-electron chi connectivity index (χ4n) is 1.37. The van der Waals surface area contributed by atoms with Crippen LogP contribution in [0.25, 0.3) is 0 Å². The lowest BCUT2D eigenvalue weighted by atomic mass is 10.1. The van der Waals surface area contributed by atoms with Crippen molar-refractivity contribution in [3.05, 3.63) is 44.9 Å². The number of aromatic nitrogens is 3. The monoisotopic (exact) mass is 317 g/mol. The second kappa shape index (κ2) is 4.54. The lowest BCUT2D eigenvalue weighted by Gasteiger charge is -2.03. The highest BCUT2D eigenvalue weighted by Gasteiger charge is 2.21. The maximum Gasteiger partial charge on any atom is 0.216 e. The molecule has 0 N–H and O–H groups in total. The van der Waals surface area contributed by atoms with Crippen LogP contribution in [0.3, 0.4) is 0 Å². The Morgan fingerprint density at radius 2 is 2.24 bits per heavy atom. The summed E-state index contributed by atoms with van der Waals surface area (Å²) in [5, 5.41) is 7.57. The number of hydrogen-bond donors (Lipinski definition) is 0. The molecule has 0 unspecified atom stereocenters. The standard InChI is InChI=1S/C10H6BrClFN3O/c1-16-8(10(11)14-15-16)9(17)6-3-2-5(12)4-7(6)13/h2-4H,1H3. The number of benzene rings is 1. The van der Waals surface area contributed by atoms with Crippen molar-refractivity contribution in [2.45, 2.75) is 0 Å². The Bertz CT molecular complexity index is 580. The summed E-state index contributed by atoms with van der Waals surface area (Å²) in [6.07, 6.45) is 0. The van der Waals surface area contributed by atoms with E-state index in [2.05, 4.69) is 26.2 Å². The Labute approximate surface area is 110 Å². The van der Waals surface area contributed by atoms with Gasteiger partial charge in [-0.1, -0.05) is 16.8 Å². The average Bonchev–Trinajstić information content (AvgIpc) is 2.58. The highest BCUT2D eigenvalue weighted by atomic mass is 79.9. The van der Waals surface area contributed by atoms with Crippen molar-refractivity contribution in [1.82, 2.24) is 15.0 Å². The summed E-state index contributed by atoms with van der Waals surface area (Å²) in [6.45, 7) is 0. The van der Waals surface area contributed by atoms with Gasteiger partial charge in [0.15, 0.2) is 4.60 Å². The predicted molar refractivity (Wildman–Crippen MR) is 63.5 cm³/mol. The van der Waals surface area contributed by atoms with Crippen molar-refractivity contribution in [2.24, 2.45) is 7.05 Å². The normalized spacial score (nSPS) is 10.6. The molecule has 0 spiro atoms. The van der Waals surface area contributed by atoms with Crippen LogP contribution in [0, 0.1) is 5.82 Å². The molecule has 0 fully saturated rings. The molecule has 2 rings (SSSR count). The molecule has 0 aliphatic heterocycles. The molecule has 1 aromatic carbocycles. The van der Waals surface area contributed by atoms with E-state index >= 15 is 0 Å². The van der Waals surface area contributed by atoms with Gasteiger partial charge in [0, 0.05) is 12.1 Å². The number of rotatable bonds is 2. The number of halogens is 3. The maximum atomic E-state index is 13.6. The first-order chi connectivity index (χ1) is 8.00. The van der Waals surface area contributed by atoms with Gasteiger partial charge < -0.3 is 0 Å². The number of carbonyl (C=O) groups excluding carboxylic acids is 1. The smallest absolute Gasteiger partial charge is 0.216 e. The van der Waals surface area contributed by atoms with Gasteiger partial charge in [0.25, 0.3) is 0 Å². The minimum Gasteiger partial charge on any atom is -0.287 e. The third-order valence-electron chi connectivity index (χ3n) is 2.18. The van der Waals surface area contributed by atoms with Gasteiger partial charge in [-0.25, -0.2) is 9.07 Å². The summed E-state index contributed by atoms with van der Waals surface area (Å²) >= 11 is 8.71. The fourth-order valence-corrected chi connectivity index (χ4v) is 2.04. The first-order valence-corrected chi connectivity index (χ1v) is 5.72. The maximum absolute atomic E-state index is 13.6. The Hall–Kier alpha value is -1.27.